The highest BCUT2D eigenvalue weighted by molar-refractivity contribution is 6.02. The largest absolute Gasteiger partial charge is 0.481 e. The van der Waals surface area contributed by atoms with Crippen molar-refractivity contribution >= 4 is 17.6 Å². The minimum atomic E-state index is -0.718. The van der Waals surface area contributed by atoms with E-state index < -0.39 is 12.1 Å². The summed E-state index contributed by atoms with van der Waals surface area (Å²) in [4.78, 5) is 24.5. The summed E-state index contributed by atoms with van der Waals surface area (Å²) in [6, 6.07) is 12.6. The molecule has 27 heavy (non-hydrogen) atoms. The number of aryl methyl sites for hydroxylation is 1. The first-order chi connectivity index (χ1) is 12.8. The second-order valence-electron chi connectivity index (χ2n) is 6.69. The van der Waals surface area contributed by atoms with Crippen molar-refractivity contribution < 1.29 is 19.1 Å². The fraction of sp³-hybridized carbons (Fsp3) is 0.364. The first-order valence-corrected chi connectivity index (χ1v) is 9.17. The predicted molar refractivity (Wildman–Crippen MR) is 106 cm³/mol. The third-order valence-electron chi connectivity index (χ3n) is 4.23. The summed E-state index contributed by atoms with van der Waals surface area (Å²) >= 11 is 0. The molecule has 5 nitrogen and oxygen atoms in total. The lowest BCUT2D eigenvalue weighted by Gasteiger charge is -2.17. The molecule has 2 aromatic carbocycles. The highest BCUT2D eigenvalue weighted by Gasteiger charge is 2.19. The molecule has 1 amide bonds. The number of rotatable bonds is 7. The third kappa shape index (κ3) is 5.33. The number of anilines is 1. The number of hydrogen-bond donors (Lipinski definition) is 1. The zero-order valence-corrected chi connectivity index (χ0v) is 16.5. The van der Waals surface area contributed by atoms with Gasteiger partial charge >= 0.3 is 5.97 Å². The van der Waals surface area contributed by atoms with E-state index in [4.69, 9.17) is 9.47 Å². The fourth-order valence-corrected chi connectivity index (χ4v) is 2.84. The van der Waals surface area contributed by atoms with E-state index in [0.717, 1.165) is 5.56 Å². The van der Waals surface area contributed by atoms with E-state index in [1.165, 1.54) is 5.56 Å². The van der Waals surface area contributed by atoms with E-state index in [0.29, 0.717) is 22.9 Å². The predicted octanol–water partition coefficient (Wildman–Crippen LogP) is 4.70. The summed E-state index contributed by atoms with van der Waals surface area (Å²) in [5.74, 6) is 0.261. The Hall–Kier alpha value is -2.82. The van der Waals surface area contributed by atoms with Gasteiger partial charge in [-0.25, -0.2) is 4.79 Å². The van der Waals surface area contributed by atoms with Crippen LogP contribution in [0.15, 0.2) is 42.5 Å². The van der Waals surface area contributed by atoms with Crippen LogP contribution in [-0.4, -0.2) is 24.6 Å². The van der Waals surface area contributed by atoms with Crippen molar-refractivity contribution in [1.82, 2.24) is 0 Å². The van der Waals surface area contributed by atoms with Crippen LogP contribution in [0.2, 0.25) is 0 Å². The average Bonchev–Trinajstić information content (AvgIpc) is 2.62. The molecule has 1 N–H and O–H groups in total. The van der Waals surface area contributed by atoms with Crippen LogP contribution >= 0.6 is 0 Å². The number of nitrogens with one attached hydrogen (secondary N) is 1. The maximum absolute atomic E-state index is 12.5. The molecule has 1 unspecified atom stereocenters. The summed E-state index contributed by atoms with van der Waals surface area (Å²) in [7, 11) is 0. The minimum Gasteiger partial charge on any atom is -0.481 e. The Kier molecular flexibility index (Phi) is 6.99. The molecule has 0 radical (unpaired) electrons. The van der Waals surface area contributed by atoms with Crippen molar-refractivity contribution in [3.05, 3.63) is 59.2 Å². The molecule has 144 valence electrons. The van der Waals surface area contributed by atoms with Gasteiger partial charge < -0.3 is 14.8 Å². The molecule has 1 atom stereocenters. The van der Waals surface area contributed by atoms with Crippen LogP contribution < -0.4 is 10.1 Å². The molecule has 0 aliphatic carbocycles. The van der Waals surface area contributed by atoms with Crippen molar-refractivity contribution in [2.45, 2.75) is 46.6 Å². The molecule has 0 spiro atoms. The molecule has 0 aliphatic rings. The van der Waals surface area contributed by atoms with Crippen LogP contribution in [0.4, 0.5) is 5.69 Å². The topological polar surface area (TPSA) is 64.6 Å². The molecule has 5 heteroatoms. The van der Waals surface area contributed by atoms with Crippen LogP contribution in [0.5, 0.6) is 5.75 Å². The van der Waals surface area contributed by atoms with Gasteiger partial charge in [-0.05, 0) is 62.1 Å². The number of para-hydroxylation sites is 1. The fourth-order valence-electron chi connectivity index (χ4n) is 2.84. The number of ether oxygens (including phenoxy) is 2. The molecule has 2 rings (SSSR count). The average molecular weight is 369 g/mol. The Bertz CT molecular complexity index is 814. The standard InChI is InChI=1S/C22H27NO4/c1-6-26-22(25)19-9-7-8-10-20(19)23-21(24)16(5)27-17-11-12-18(14(2)3)15(4)13-17/h7-14,16H,6H2,1-5H3,(H,23,24). The molecule has 2 aromatic rings. The van der Waals surface area contributed by atoms with Gasteiger partial charge in [0.25, 0.3) is 5.91 Å². The smallest absolute Gasteiger partial charge is 0.340 e. The molecule has 0 saturated heterocycles. The Morgan fingerprint density at radius 2 is 1.78 bits per heavy atom. The van der Waals surface area contributed by atoms with Crippen molar-refractivity contribution in [2.75, 3.05) is 11.9 Å². The quantitative estimate of drug-likeness (QED) is 0.719. The van der Waals surface area contributed by atoms with Gasteiger partial charge in [-0.1, -0.05) is 32.0 Å². The Morgan fingerprint density at radius 3 is 2.41 bits per heavy atom. The van der Waals surface area contributed by atoms with Gasteiger partial charge in [0, 0.05) is 0 Å². The third-order valence-corrected chi connectivity index (χ3v) is 4.23. The van der Waals surface area contributed by atoms with Gasteiger partial charge in [0.1, 0.15) is 5.75 Å². The normalized spacial score (nSPS) is 11.8. The van der Waals surface area contributed by atoms with E-state index in [-0.39, 0.29) is 12.5 Å². The van der Waals surface area contributed by atoms with Gasteiger partial charge in [-0.15, -0.1) is 0 Å². The van der Waals surface area contributed by atoms with Crippen molar-refractivity contribution in [2.24, 2.45) is 0 Å². The summed E-state index contributed by atoms with van der Waals surface area (Å²) in [6.45, 7) is 9.99. The van der Waals surface area contributed by atoms with Crippen LogP contribution in [-0.2, 0) is 9.53 Å². The highest BCUT2D eigenvalue weighted by Crippen LogP contribution is 2.24. The number of amides is 1. The van der Waals surface area contributed by atoms with Crippen LogP contribution in [0.1, 0.15) is 55.1 Å². The summed E-state index contributed by atoms with van der Waals surface area (Å²) < 4.78 is 10.8. The lowest BCUT2D eigenvalue weighted by atomic mass is 9.98. The lowest BCUT2D eigenvalue weighted by molar-refractivity contribution is -0.122. The van der Waals surface area contributed by atoms with E-state index in [2.05, 4.69) is 19.2 Å². The molecule has 0 saturated carbocycles. The molecule has 0 heterocycles. The molecular formula is C22H27NO4. The van der Waals surface area contributed by atoms with E-state index in [1.54, 1.807) is 38.1 Å². The summed E-state index contributed by atoms with van der Waals surface area (Å²) in [5.41, 5.74) is 3.10. The second-order valence-corrected chi connectivity index (χ2v) is 6.69. The highest BCUT2D eigenvalue weighted by atomic mass is 16.5. The monoisotopic (exact) mass is 369 g/mol. The number of carbonyl (C=O) groups excluding carboxylic acids is 2. The Labute approximate surface area is 160 Å². The number of hydrogen-bond acceptors (Lipinski definition) is 4. The zero-order chi connectivity index (χ0) is 20.0. The van der Waals surface area contributed by atoms with Gasteiger partial charge in [-0.2, -0.15) is 0 Å². The summed E-state index contributed by atoms with van der Waals surface area (Å²) in [5, 5.41) is 2.75. The first kappa shape index (κ1) is 20.5. The van der Waals surface area contributed by atoms with Gasteiger partial charge in [0.15, 0.2) is 6.10 Å². The summed E-state index contributed by atoms with van der Waals surface area (Å²) in [6.07, 6.45) is -0.718. The van der Waals surface area contributed by atoms with Crippen molar-refractivity contribution in [1.29, 1.82) is 0 Å². The maximum Gasteiger partial charge on any atom is 0.340 e. The van der Waals surface area contributed by atoms with Crippen LogP contribution in [0.25, 0.3) is 0 Å². The minimum absolute atomic E-state index is 0.270. The number of benzene rings is 2. The van der Waals surface area contributed by atoms with Crippen LogP contribution in [0, 0.1) is 6.92 Å². The van der Waals surface area contributed by atoms with E-state index in [1.807, 2.05) is 25.1 Å². The van der Waals surface area contributed by atoms with E-state index in [9.17, 15) is 9.59 Å². The lowest BCUT2D eigenvalue weighted by Crippen LogP contribution is -2.30. The number of esters is 1. The Morgan fingerprint density at radius 1 is 1.07 bits per heavy atom. The van der Waals surface area contributed by atoms with Gasteiger partial charge in [-0.3, -0.25) is 4.79 Å². The molecule has 0 aromatic heterocycles. The molecule has 0 fully saturated rings. The van der Waals surface area contributed by atoms with Gasteiger partial charge in [0.05, 0.1) is 17.9 Å². The van der Waals surface area contributed by atoms with Crippen molar-refractivity contribution in [3.8, 4) is 5.75 Å². The molecule has 0 aliphatic heterocycles. The Balaban J connectivity index is 2.09. The SMILES string of the molecule is CCOC(=O)c1ccccc1NC(=O)C(C)Oc1ccc(C(C)C)c(C)c1. The second kappa shape index (κ2) is 9.21. The van der Waals surface area contributed by atoms with Gasteiger partial charge in [0.2, 0.25) is 0 Å². The number of carbonyl (C=O) groups is 2. The first-order valence-electron chi connectivity index (χ1n) is 9.17. The maximum atomic E-state index is 12.5. The van der Waals surface area contributed by atoms with Crippen LogP contribution in [0.3, 0.4) is 0 Å². The van der Waals surface area contributed by atoms with Crippen molar-refractivity contribution in [3.63, 3.8) is 0 Å². The zero-order valence-electron chi connectivity index (χ0n) is 16.5. The molecular weight excluding hydrogens is 342 g/mol. The van der Waals surface area contributed by atoms with E-state index >= 15 is 0 Å². The molecule has 0 bridgehead atoms.